The van der Waals surface area contributed by atoms with Crippen molar-refractivity contribution in [3.63, 3.8) is 0 Å². The summed E-state index contributed by atoms with van der Waals surface area (Å²) in [6.45, 7) is 15.7. The van der Waals surface area contributed by atoms with E-state index in [-0.39, 0.29) is 5.60 Å². The smallest absolute Gasteiger partial charge is 0.0650 e. The molecule has 1 heteroatoms. The molecule has 0 aliphatic carbocycles. The second-order valence-electron chi connectivity index (χ2n) is 8.26. The van der Waals surface area contributed by atoms with E-state index in [1.807, 2.05) is 7.11 Å². The van der Waals surface area contributed by atoms with E-state index in [1.165, 1.54) is 51.4 Å². The van der Waals surface area contributed by atoms with Gasteiger partial charge in [-0.1, -0.05) is 86.0 Å². The number of methoxy groups -OCH3 is 1. The Labute approximate surface area is 141 Å². The molecular formula is C21H43O. The summed E-state index contributed by atoms with van der Waals surface area (Å²) in [6, 6.07) is 0. The predicted octanol–water partition coefficient (Wildman–Crippen LogP) is 7.05. The third kappa shape index (κ3) is 11.5. The number of ether oxygens (including phenoxy) is 1. The second-order valence-corrected chi connectivity index (χ2v) is 8.26. The van der Waals surface area contributed by atoms with Gasteiger partial charge in [0.25, 0.3) is 0 Å². The minimum Gasteiger partial charge on any atom is -0.379 e. The van der Waals surface area contributed by atoms with Gasteiger partial charge in [-0.05, 0) is 37.5 Å². The van der Waals surface area contributed by atoms with Gasteiger partial charge in [0.15, 0.2) is 0 Å². The van der Waals surface area contributed by atoms with E-state index in [2.05, 4.69) is 41.5 Å². The number of hydrogen-bond donors (Lipinski definition) is 0. The van der Waals surface area contributed by atoms with Crippen molar-refractivity contribution in [3.8, 4) is 0 Å². The minimum atomic E-state index is -0.00928. The Balaban J connectivity index is 3.62. The Morgan fingerprint density at radius 2 is 1.27 bits per heavy atom. The van der Waals surface area contributed by atoms with Crippen LogP contribution < -0.4 is 0 Å². The van der Waals surface area contributed by atoms with Crippen molar-refractivity contribution in [1.82, 2.24) is 0 Å². The van der Waals surface area contributed by atoms with E-state index in [4.69, 9.17) is 4.74 Å². The highest BCUT2D eigenvalue weighted by Crippen LogP contribution is 2.25. The van der Waals surface area contributed by atoms with E-state index < -0.39 is 0 Å². The zero-order chi connectivity index (χ0) is 17.0. The molecule has 0 aromatic heterocycles. The molecule has 0 aromatic carbocycles. The summed E-state index contributed by atoms with van der Waals surface area (Å²) < 4.78 is 5.57. The lowest BCUT2D eigenvalue weighted by Gasteiger charge is -2.27. The molecule has 0 rings (SSSR count). The molecule has 133 valence electrons. The van der Waals surface area contributed by atoms with Gasteiger partial charge in [-0.2, -0.15) is 0 Å². The van der Waals surface area contributed by atoms with Gasteiger partial charge >= 0.3 is 0 Å². The van der Waals surface area contributed by atoms with Crippen LogP contribution in [0.15, 0.2) is 0 Å². The normalized spacial score (nSPS) is 17.5. The van der Waals surface area contributed by atoms with E-state index >= 15 is 0 Å². The van der Waals surface area contributed by atoms with Crippen LogP contribution in [0, 0.1) is 24.7 Å². The Morgan fingerprint density at radius 1 is 0.818 bits per heavy atom. The van der Waals surface area contributed by atoms with Crippen molar-refractivity contribution >= 4 is 0 Å². The van der Waals surface area contributed by atoms with Gasteiger partial charge in [-0.15, -0.1) is 0 Å². The van der Waals surface area contributed by atoms with Crippen molar-refractivity contribution in [3.05, 3.63) is 6.92 Å². The Kier molecular flexibility index (Phi) is 12.4. The maximum atomic E-state index is 5.57. The highest BCUT2D eigenvalue weighted by atomic mass is 16.5. The molecule has 0 heterocycles. The van der Waals surface area contributed by atoms with E-state index in [1.54, 1.807) is 0 Å². The van der Waals surface area contributed by atoms with Crippen LogP contribution in [0.5, 0.6) is 0 Å². The van der Waals surface area contributed by atoms with Crippen LogP contribution in [0.3, 0.4) is 0 Å². The van der Waals surface area contributed by atoms with Crippen LogP contribution in [0.4, 0.5) is 0 Å². The average Bonchev–Trinajstić information content (AvgIpc) is 2.46. The molecule has 3 unspecified atom stereocenters. The molecule has 0 fully saturated rings. The largest absolute Gasteiger partial charge is 0.379 e. The van der Waals surface area contributed by atoms with Crippen molar-refractivity contribution < 1.29 is 4.74 Å². The van der Waals surface area contributed by atoms with Gasteiger partial charge in [0, 0.05) is 7.11 Å². The first-order chi connectivity index (χ1) is 10.3. The predicted molar refractivity (Wildman–Crippen MR) is 100 cm³/mol. The van der Waals surface area contributed by atoms with Gasteiger partial charge in [-0.25, -0.2) is 0 Å². The second kappa shape index (κ2) is 12.4. The lowest BCUT2D eigenvalue weighted by atomic mass is 9.89. The van der Waals surface area contributed by atoms with Crippen molar-refractivity contribution in [2.75, 3.05) is 7.11 Å². The molecule has 0 saturated heterocycles. The fraction of sp³-hybridized carbons (Fsp3) is 0.952. The van der Waals surface area contributed by atoms with Crippen molar-refractivity contribution in [2.45, 2.75) is 104 Å². The first-order valence-corrected chi connectivity index (χ1v) is 9.67. The molecule has 1 radical (unpaired) electrons. The maximum absolute atomic E-state index is 5.57. The van der Waals surface area contributed by atoms with E-state index in [9.17, 15) is 0 Å². The quantitative estimate of drug-likeness (QED) is 0.334. The third-order valence-electron chi connectivity index (χ3n) is 5.30. The molecular weight excluding hydrogens is 268 g/mol. The standard InChI is InChI=1S/C21H43O/c1-8-21(6,22-7)17-11-16-20(5)15-10-14-19(4)13-9-12-18(2)3/h18-20H,1,8-17H2,2-7H3. The lowest BCUT2D eigenvalue weighted by molar-refractivity contribution is -0.00178. The van der Waals surface area contributed by atoms with Crippen molar-refractivity contribution in [2.24, 2.45) is 17.8 Å². The topological polar surface area (TPSA) is 9.23 Å². The zero-order valence-electron chi connectivity index (χ0n) is 16.4. The monoisotopic (exact) mass is 311 g/mol. The molecule has 3 atom stereocenters. The molecule has 0 amide bonds. The summed E-state index contributed by atoms with van der Waals surface area (Å²) in [5, 5.41) is 0. The number of rotatable bonds is 14. The fourth-order valence-electron chi connectivity index (χ4n) is 3.13. The summed E-state index contributed by atoms with van der Waals surface area (Å²) in [5.41, 5.74) is -0.00928. The van der Waals surface area contributed by atoms with Gasteiger partial charge in [0.2, 0.25) is 0 Å². The summed E-state index contributed by atoms with van der Waals surface area (Å²) >= 11 is 0. The maximum Gasteiger partial charge on any atom is 0.0650 e. The molecule has 0 aliphatic heterocycles. The van der Waals surface area contributed by atoms with Crippen molar-refractivity contribution in [1.29, 1.82) is 0 Å². The average molecular weight is 312 g/mol. The SMILES string of the molecule is [CH2]CC(C)(CCCC(C)CCCC(C)CCCC(C)C)OC. The first-order valence-electron chi connectivity index (χ1n) is 9.67. The summed E-state index contributed by atoms with van der Waals surface area (Å²) in [4.78, 5) is 0. The Hall–Kier alpha value is -0.0400. The van der Waals surface area contributed by atoms with Gasteiger partial charge in [0.05, 0.1) is 5.60 Å². The summed E-state index contributed by atoms with van der Waals surface area (Å²) in [7, 11) is 1.81. The first kappa shape index (κ1) is 22.0. The molecule has 0 bridgehead atoms. The highest BCUT2D eigenvalue weighted by molar-refractivity contribution is 4.76. The molecule has 0 aliphatic rings. The molecule has 0 spiro atoms. The van der Waals surface area contributed by atoms with Crippen LogP contribution in [0.25, 0.3) is 0 Å². The summed E-state index contributed by atoms with van der Waals surface area (Å²) in [5.74, 6) is 2.63. The zero-order valence-corrected chi connectivity index (χ0v) is 16.4. The van der Waals surface area contributed by atoms with Crippen LogP contribution in [-0.2, 0) is 4.74 Å². The van der Waals surface area contributed by atoms with E-state index in [0.29, 0.717) is 0 Å². The third-order valence-corrected chi connectivity index (χ3v) is 5.30. The summed E-state index contributed by atoms with van der Waals surface area (Å²) in [6.07, 6.45) is 13.0. The molecule has 0 N–H and O–H groups in total. The van der Waals surface area contributed by atoms with Gasteiger partial charge < -0.3 is 4.74 Å². The minimum absolute atomic E-state index is 0.00928. The number of hydrogen-bond acceptors (Lipinski definition) is 1. The van der Waals surface area contributed by atoms with Gasteiger partial charge in [-0.3, -0.25) is 0 Å². The van der Waals surface area contributed by atoms with Crippen LogP contribution >= 0.6 is 0 Å². The fourth-order valence-corrected chi connectivity index (χ4v) is 3.13. The lowest BCUT2D eigenvalue weighted by Crippen LogP contribution is -2.26. The molecule has 22 heavy (non-hydrogen) atoms. The van der Waals surface area contributed by atoms with Crippen LogP contribution in [0.1, 0.15) is 98.8 Å². The molecule has 1 nitrogen and oxygen atoms in total. The van der Waals surface area contributed by atoms with E-state index in [0.717, 1.165) is 30.6 Å². The van der Waals surface area contributed by atoms with Gasteiger partial charge in [0.1, 0.15) is 0 Å². The Bertz CT molecular complexity index is 242. The van der Waals surface area contributed by atoms with Crippen LogP contribution in [-0.4, -0.2) is 12.7 Å². The molecule has 0 aromatic rings. The Morgan fingerprint density at radius 3 is 1.68 bits per heavy atom. The molecule has 0 saturated carbocycles. The van der Waals surface area contributed by atoms with Crippen LogP contribution in [0.2, 0.25) is 0 Å². The highest BCUT2D eigenvalue weighted by Gasteiger charge is 2.20.